The lowest BCUT2D eigenvalue weighted by molar-refractivity contribution is -0.150. The Morgan fingerprint density at radius 1 is 1.36 bits per heavy atom. The number of hydrogen-bond acceptors (Lipinski definition) is 5. The van der Waals surface area contributed by atoms with Crippen LogP contribution in [0.5, 0.6) is 0 Å². The Hall–Kier alpha value is -1.35. The first-order valence-electron chi connectivity index (χ1n) is 10.6. The lowest BCUT2D eigenvalue weighted by Gasteiger charge is -2.39. The van der Waals surface area contributed by atoms with Crippen LogP contribution in [0.15, 0.2) is 12.2 Å². The van der Waals surface area contributed by atoms with Crippen LogP contribution in [-0.2, 0) is 9.53 Å². The van der Waals surface area contributed by atoms with Gasteiger partial charge in [-0.15, -0.1) is 11.8 Å². The van der Waals surface area contributed by atoms with Gasteiger partial charge < -0.3 is 14.9 Å². The van der Waals surface area contributed by atoms with Crippen LogP contribution < -0.4 is 0 Å². The van der Waals surface area contributed by atoms with E-state index in [0.717, 1.165) is 25.7 Å². The van der Waals surface area contributed by atoms with Crippen molar-refractivity contribution in [2.24, 2.45) is 17.3 Å². The molecule has 2 aliphatic heterocycles. The molecule has 0 amide bonds. The van der Waals surface area contributed by atoms with Gasteiger partial charge in [-0.2, -0.15) is 0 Å². The van der Waals surface area contributed by atoms with Gasteiger partial charge in [0.05, 0.1) is 19.3 Å². The Labute approximate surface area is 169 Å². The maximum Gasteiger partial charge on any atom is 0.323 e. The highest BCUT2D eigenvalue weighted by Crippen LogP contribution is 2.49. The second-order valence-electron chi connectivity index (χ2n) is 9.34. The number of nitrogens with zero attached hydrogens (tertiary/aromatic N) is 1. The molecule has 5 heteroatoms. The number of fused-ring (bicyclic) bond motifs is 3. The van der Waals surface area contributed by atoms with Crippen LogP contribution in [-0.4, -0.2) is 58.5 Å². The first-order valence-corrected chi connectivity index (χ1v) is 10.6. The average Bonchev–Trinajstić information content (AvgIpc) is 3.18. The second-order valence-corrected chi connectivity index (χ2v) is 9.34. The number of ether oxygens (including phenoxy) is 1. The fourth-order valence-corrected chi connectivity index (χ4v) is 5.49. The van der Waals surface area contributed by atoms with Crippen LogP contribution in [0.2, 0.25) is 0 Å². The molecule has 3 unspecified atom stereocenters. The van der Waals surface area contributed by atoms with Gasteiger partial charge in [0.2, 0.25) is 0 Å². The SMILES string of the molecule is CC#CCC(C)(C)[C@H](O)/C=C/[C@H]1[C@H](O)CC2[C@@H]1CC1CCCC(C(=O)OC)N12. The maximum absolute atomic E-state index is 12.3. The lowest BCUT2D eigenvalue weighted by atomic mass is 9.82. The quantitative estimate of drug-likeness (QED) is 0.430. The molecule has 3 aliphatic rings. The number of aliphatic hydroxyl groups is 2. The van der Waals surface area contributed by atoms with Crippen molar-refractivity contribution in [3.63, 3.8) is 0 Å². The first-order chi connectivity index (χ1) is 13.3. The van der Waals surface area contributed by atoms with Crippen molar-refractivity contribution in [1.29, 1.82) is 0 Å². The Morgan fingerprint density at radius 2 is 2.11 bits per heavy atom. The van der Waals surface area contributed by atoms with E-state index >= 15 is 0 Å². The third-order valence-corrected chi connectivity index (χ3v) is 7.15. The number of aliphatic hydroxyl groups excluding tert-OH is 2. The van der Waals surface area contributed by atoms with Crippen LogP contribution in [0.4, 0.5) is 0 Å². The van der Waals surface area contributed by atoms with Crippen molar-refractivity contribution in [2.45, 2.75) is 89.6 Å². The summed E-state index contributed by atoms with van der Waals surface area (Å²) in [5.41, 5.74) is -0.328. The molecule has 156 valence electrons. The standard InChI is InChI=1S/C23H35NO4/c1-5-6-12-23(2,3)21(26)11-10-16-17-13-15-8-7-9-18(22(27)28-4)24(15)19(17)14-20(16)25/h10-11,15-21,25-26H,7-9,12-14H2,1-4H3/b11-10+/t15?,16-,17-,18?,19?,20-,21-/m1/s1. The van der Waals surface area contributed by atoms with Gasteiger partial charge in [0.1, 0.15) is 6.04 Å². The fourth-order valence-electron chi connectivity index (χ4n) is 5.49. The zero-order valence-corrected chi connectivity index (χ0v) is 17.6. The molecule has 1 saturated carbocycles. The minimum atomic E-state index is -0.605. The molecule has 7 atom stereocenters. The molecule has 0 bridgehead atoms. The molecule has 2 saturated heterocycles. The number of esters is 1. The molecule has 0 spiro atoms. The topological polar surface area (TPSA) is 70.0 Å². The van der Waals surface area contributed by atoms with Gasteiger partial charge in [-0.25, -0.2) is 0 Å². The Morgan fingerprint density at radius 3 is 2.79 bits per heavy atom. The van der Waals surface area contributed by atoms with E-state index in [1.165, 1.54) is 7.11 Å². The largest absolute Gasteiger partial charge is 0.468 e. The molecule has 0 aromatic carbocycles. The summed E-state index contributed by atoms with van der Waals surface area (Å²) in [6.45, 7) is 5.83. The Kier molecular flexibility index (Phi) is 6.54. The normalized spacial score (nSPS) is 36.5. The zero-order valence-electron chi connectivity index (χ0n) is 17.6. The smallest absolute Gasteiger partial charge is 0.323 e. The highest BCUT2D eigenvalue weighted by Gasteiger charge is 2.55. The zero-order chi connectivity index (χ0) is 20.5. The van der Waals surface area contributed by atoms with E-state index in [9.17, 15) is 15.0 Å². The van der Waals surface area contributed by atoms with E-state index in [0.29, 0.717) is 24.8 Å². The van der Waals surface area contributed by atoms with Gasteiger partial charge >= 0.3 is 5.97 Å². The Bertz CT molecular complexity index is 661. The summed E-state index contributed by atoms with van der Waals surface area (Å²) in [6, 6.07) is 0.443. The molecule has 1 aliphatic carbocycles. The van der Waals surface area contributed by atoms with Crippen molar-refractivity contribution in [3.05, 3.63) is 12.2 Å². The van der Waals surface area contributed by atoms with E-state index in [-0.39, 0.29) is 29.4 Å². The first kappa shape index (κ1) is 21.4. The summed E-state index contributed by atoms with van der Waals surface area (Å²) in [7, 11) is 1.46. The van der Waals surface area contributed by atoms with Gasteiger partial charge in [0.25, 0.3) is 0 Å². The molecule has 2 N–H and O–H groups in total. The molecule has 2 heterocycles. The van der Waals surface area contributed by atoms with Gasteiger partial charge in [-0.1, -0.05) is 26.0 Å². The van der Waals surface area contributed by atoms with Gasteiger partial charge in [0.15, 0.2) is 0 Å². The number of carbonyl (C=O) groups excluding carboxylic acids is 1. The highest BCUT2D eigenvalue weighted by atomic mass is 16.5. The summed E-state index contributed by atoms with van der Waals surface area (Å²) in [6.07, 6.45) is 8.15. The fraction of sp³-hybridized carbons (Fsp3) is 0.783. The van der Waals surface area contributed by atoms with Crippen molar-refractivity contribution in [2.75, 3.05) is 7.11 Å². The van der Waals surface area contributed by atoms with Crippen molar-refractivity contribution in [3.8, 4) is 11.8 Å². The predicted octanol–water partition coefficient (Wildman–Crippen LogP) is 2.51. The van der Waals surface area contributed by atoms with Gasteiger partial charge in [0, 0.05) is 29.8 Å². The number of carbonyl (C=O) groups is 1. The maximum atomic E-state index is 12.3. The van der Waals surface area contributed by atoms with Crippen LogP contribution in [0.1, 0.15) is 59.3 Å². The molecular formula is C23H35NO4. The van der Waals surface area contributed by atoms with Crippen LogP contribution >= 0.6 is 0 Å². The number of methoxy groups -OCH3 is 1. The molecule has 0 aromatic heterocycles. The number of hydrogen-bond donors (Lipinski definition) is 2. The molecule has 0 aromatic rings. The predicted molar refractivity (Wildman–Crippen MR) is 108 cm³/mol. The number of rotatable bonds is 5. The van der Waals surface area contributed by atoms with Crippen LogP contribution in [0.25, 0.3) is 0 Å². The van der Waals surface area contributed by atoms with Crippen molar-refractivity contribution in [1.82, 2.24) is 4.90 Å². The average molecular weight is 390 g/mol. The molecular weight excluding hydrogens is 354 g/mol. The summed E-state index contributed by atoms with van der Waals surface area (Å²) < 4.78 is 5.05. The minimum absolute atomic E-state index is 0.0246. The highest BCUT2D eigenvalue weighted by molar-refractivity contribution is 5.76. The van der Waals surface area contributed by atoms with Crippen molar-refractivity contribution < 1.29 is 19.7 Å². The van der Waals surface area contributed by atoms with Crippen LogP contribution in [0.3, 0.4) is 0 Å². The molecule has 0 radical (unpaired) electrons. The Balaban J connectivity index is 1.73. The third kappa shape index (κ3) is 4.01. The monoisotopic (exact) mass is 389 g/mol. The van der Waals surface area contributed by atoms with Crippen molar-refractivity contribution >= 4 is 5.97 Å². The van der Waals surface area contributed by atoms with E-state index in [2.05, 4.69) is 16.7 Å². The molecule has 28 heavy (non-hydrogen) atoms. The van der Waals surface area contributed by atoms with Gasteiger partial charge in [-0.3, -0.25) is 9.69 Å². The molecule has 3 rings (SSSR count). The molecule has 5 nitrogen and oxygen atoms in total. The lowest BCUT2D eigenvalue weighted by Crippen LogP contribution is -2.51. The number of piperidine rings is 1. The minimum Gasteiger partial charge on any atom is -0.468 e. The van der Waals surface area contributed by atoms with E-state index in [4.69, 9.17) is 4.74 Å². The van der Waals surface area contributed by atoms with E-state index in [1.807, 2.05) is 32.9 Å². The van der Waals surface area contributed by atoms with Crippen LogP contribution in [0, 0.1) is 29.1 Å². The summed E-state index contributed by atoms with van der Waals surface area (Å²) in [5.74, 6) is 6.15. The van der Waals surface area contributed by atoms with E-state index < -0.39 is 12.2 Å². The third-order valence-electron chi connectivity index (χ3n) is 7.15. The summed E-state index contributed by atoms with van der Waals surface area (Å²) >= 11 is 0. The summed E-state index contributed by atoms with van der Waals surface area (Å²) in [4.78, 5) is 14.6. The summed E-state index contributed by atoms with van der Waals surface area (Å²) in [5, 5.41) is 21.4. The molecule has 3 fully saturated rings. The van der Waals surface area contributed by atoms with E-state index in [1.54, 1.807) is 0 Å². The second kappa shape index (κ2) is 8.57. The van der Waals surface area contributed by atoms with Gasteiger partial charge in [-0.05, 0) is 44.9 Å².